The Morgan fingerprint density at radius 1 is 1.04 bits per heavy atom. The van der Waals surface area contributed by atoms with E-state index in [0.29, 0.717) is 27.7 Å². The highest BCUT2D eigenvalue weighted by molar-refractivity contribution is 6.33. The van der Waals surface area contributed by atoms with Crippen molar-refractivity contribution >= 4 is 30.0 Å². The highest BCUT2D eigenvalue weighted by Gasteiger charge is 2.07. The lowest BCUT2D eigenvalue weighted by molar-refractivity contribution is 0.112. The van der Waals surface area contributed by atoms with Gasteiger partial charge < -0.3 is 9.47 Å². The maximum Gasteiger partial charge on any atom is 0.150 e. The molecule has 1 aromatic carbocycles. The van der Waals surface area contributed by atoms with Crippen molar-refractivity contribution in [2.24, 2.45) is 0 Å². The second kappa shape index (κ2) is 9.71. The molecule has 122 valence electrons. The summed E-state index contributed by atoms with van der Waals surface area (Å²) in [6.45, 7) is 1.82. The van der Waals surface area contributed by atoms with E-state index in [-0.39, 0.29) is 0 Å². The average Bonchev–Trinajstić information content (AvgIpc) is 2.56. The molecule has 2 aromatic rings. The molecule has 0 bridgehead atoms. The molecule has 0 aliphatic heterocycles. The molecule has 0 fully saturated rings. The van der Waals surface area contributed by atoms with Crippen LogP contribution >= 0.6 is 11.6 Å². The van der Waals surface area contributed by atoms with Gasteiger partial charge >= 0.3 is 0 Å². The number of halogens is 1. The molecule has 1 aromatic heterocycles. The first kappa shape index (κ1) is 18.8. The lowest BCUT2D eigenvalue weighted by Gasteiger charge is -2.07. The number of nitrogens with zero attached hydrogens (tertiary/aromatic N) is 2. The van der Waals surface area contributed by atoms with Gasteiger partial charge in [-0.2, -0.15) is 0 Å². The van der Waals surface area contributed by atoms with Crippen LogP contribution in [0.25, 0.3) is 12.2 Å². The van der Waals surface area contributed by atoms with Crippen molar-refractivity contribution in [1.29, 1.82) is 0 Å². The van der Waals surface area contributed by atoms with Crippen LogP contribution in [0, 0.1) is 6.92 Å². The van der Waals surface area contributed by atoms with Crippen LogP contribution in [-0.2, 0) is 4.74 Å². The molecule has 1 heterocycles. The fourth-order valence-corrected chi connectivity index (χ4v) is 1.90. The summed E-state index contributed by atoms with van der Waals surface area (Å²) in [5.41, 5.74) is 2.06. The van der Waals surface area contributed by atoms with Gasteiger partial charge in [0.05, 0.1) is 12.1 Å². The van der Waals surface area contributed by atoms with Gasteiger partial charge in [0.25, 0.3) is 0 Å². The SMILES string of the molecule is COC.COc1cc(C=O)cc(/C=C/c2cnc(C)nc2)c1Cl. The number of methoxy groups -OCH3 is 2. The van der Waals surface area contributed by atoms with E-state index in [9.17, 15) is 4.79 Å². The third kappa shape index (κ3) is 5.81. The largest absolute Gasteiger partial charge is 0.495 e. The van der Waals surface area contributed by atoms with E-state index < -0.39 is 0 Å². The predicted molar refractivity (Wildman–Crippen MR) is 92.0 cm³/mol. The summed E-state index contributed by atoms with van der Waals surface area (Å²) in [5.74, 6) is 1.18. The van der Waals surface area contributed by atoms with Crippen molar-refractivity contribution in [3.63, 3.8) is 0 Å². The van der Waals surface area contributed by atoms with Gasteiger partial charge in [-0.1, -0.05) is 23.8 Å². The lowest BCUT2D eigenvalue weighted by atomic mass is 10.1. The molecule has 0 amide bonds. The van der Waals surface area contributed by atoms with E-state index in [0.717, 1.165) is 11.8 Å². The number of aldehydes is 1. The zero-order valence-corrected chi connectivity index (χ0v) is 14.3. The van der Waals surface area contributed by atoms with Crippen molar-refractivity contribution in [3.05, 3.63) is 52.1 Å². The Morgan fingerprint density at radius 3 is 2.17 bits per heavy atom. The molecule has 0 N–H and O–H groups in total. The Labute approximate surface area is 140 Å². The van der Waals surface area contributed by atoms with Gasteiger partial charge in [-0.15, -0.1) is 0 Å². The van der Waals surface area contributed by atoms with Crippen molar-refractivity contribution in [2.45, 2.75) is 6.92 Å². The lowest BCUT2D eigenvalue weighted by Crippen LogP contribution is -1.90. The summed E-state index contributed by atoms with van der Waals surface area (Å²) in [5, 5.41) is 0.461. The van der Waals surface area contributed by atoms with E-state index in [1.807, 2.05) is 13.0 Å². The fraction of sp³-hybridized carbons (Fsp3) is 0.235. The molecule has 0 radical (unpaired) electrons. The van der Waals surface area contributed by atoms with Gasteiger partial charge in [-0.05, 0) is 24.6 Å². The third-order valence-electron chi connectivity index (χ3n) is 2.70. The second-order valence-corrected chi connectivity index (χ2v) is 4.93. The first-order chi connectivity index (χ1) is 11.0. The van der Waals surface area contributed by atoms with Gasteiger partial charge in [0.15, 0.2) is 0 Å². The van der Waals surface area contributed by atoms with E-state index in [4.69, 9.17) is 16.3 Å². The molecule has 0 saturated heterocycles. The summed E-state index contributed by atoms with van der Waals surface area (Å²) >= 11 is 6.21. The van der Waals surface area contributed by atoms with Gasteiger partial charge in [0, 0.05) is 37.7 Å². The minimum Gasteiger partial charge on any atom is -0.495 e. The molecule has 0 aliphatic rings. The van der Waals surface area contributed by atoms with E-state index in [1.54, 1.807) is 44.8 Å². The van der Waals surface area contributed by atoms with Gasteiger partial charge in [0.2, 0.25) is 0 Å². The normalized spacial score (nSPS) is 10.1. The van der Waals surface area contributed by atoms with Crippen LogP contribution in [0.3, 0.4) is 0 Å². The predicted octanol–water partition coefficient (Wildman–Crippen LogP) is 3.69. The van der Waals surface area contributed by atoms with Crippen LogP contribution in [-0.4, -0.2) is 37.6 Å². The fourth-order valence-electron chi connectivity index (χ4n) is 1.65. The van der Waals surface area contributed by atoms with Crippen LogP contribution in [0.4, 0.5) is 0 Å². The zero-order valence-electron chi connectivity index (χ0n) is 13.5. The van der Waals surface area contributed by atoms with Crippen LogP contribution in [0.15, 0.2) is 24.5 Å². The minimum absolute atomic E-state index is 0.461. The number of ether oxygens (including phenoxy) is 2. The Hall–Kier alpha value is -2.24. The van der Waals surface area contributed by atoms with E-state index in [1.165, 1.54) is 7.11 Å². The maximum atomic E-state index is 10.9. The van der Waals surface area contributed by atoms with Crippen molar-refractivity contribution < 1.29 is 14.3 Å². The monoisotopic (exact) mass is 334 g/mol. The Balaban J connectivity index is 0.000000816. The van der Waals surface area contributed by atoms with Crippen molar-refractivity contribution in [3.8, 4) is 5.75 Å². The number of carbonyl (C=O) groups is 1. The zero-order chi connectivity index (χ0) is 17.2. The third-order valence-corrected chi connectivity index (χ3v) is 3.11. The number of benzene rings is 1. The molecular weight excluding hydrogens is 316 g/mol. The maximum absolute atomic E-state index is 10.9. The average molecular weight is 335 g/mol. The molecule has 5 nitrogen and oxygen atoms in total. The Kier molecular flexibility index (Phi) is 7.94. The van der Waals surface area contributed by atoms with Gasteiger partial charge in [-0.25, -0.2) is 9.97 Å². The van der Waals surface area contributed by atoms with Crippen molar-refractivity contribution in [2.75, 3.05) is 21.3 Å². The van der Waals surface area contributed by atoms with Crippen LogP contribution in [0.5, 0.6) is 5.75 Å². The smallest absolute Gasteiger partial charge is 0.150 e. The van der Waals surface area contributed by atoms with Gasteiger partial charge in [-0.3, -0.25) is 4.79 Å². The molecular formula is C17H19ClN2O3. The van der Waals surface area contributed by atoms with Crippen LogP contribution in [0.2, 0.25) is 5.02 Å². The Bertz CT molecular complexity index is 670. The summed E-state index contributed by atoms with van der Waals surface area (Å²) < 4.78 is 9.40. The molecule has 0 saturated carbocycles. The first-order valence-electron chi connectivity index (χ1n) is 6.75. The quantitative estimate of drug-likeness (QED) is 0.798. The molecule has 2 rings (SSSR count). The van der Waals surface area contributed by atoms with E-state index in [2.05, 4.69) is 14.7 Å². The number of hydrogen-bond donors (Lipinski definition) is 0. The highest BCUT2D eigenvalue weighted by atomic mass is 35.5. The topological polar surface area (TPSA) is 61.3 Å². The number of rotatable bonds is 4. The number of hydrogen-bond acceptors (Lipinski definition) is 5. The number of aromatic nitrogens is 2. The first-order valence-corrected chi connectivity index (χ1v) is 7.13. The highest BCUT2D eigenvalue weighted by Crippen LogP contribution is 2.30. The standard InChI is InChI=1S/C15H13ClN2O2.C2H6O/c1-10-17-7-11(8-18-10)3-4-13-5-12(9-19)6-14(20-2)15(13)16;1-3-2/h3-9H,1-2H3;1-2H3/b4-3+;. The molecule has 0 spiro atoms. The minimum atomic E-state index is 0.461. The molecule has 23 heavy (non-hydrogen) atoms. The molecule has 0 unspecified atom stereocenters. The number of aryl methyl sites for hydroxylation is 1. The van der Waals surface area contributed by atoms with Gasteiger partial charge in [0.1, 0.15) is 17.9 Å². The molecule has 6 heteroatoms. The van der Waals surface area contributed by atoms with E-state index >= 15 is 0 Å². The summed E-state index contributed by atoms with van der Waals surface area (Å²) in [6.07, 6.45) is 7.81. The number of carbonyl (C=O) groups excluding carboxylic acids is 1. The van der Waals surface area contributed by atoms with Crippen LogP contribution < -0.4 is 4.74 Å². The van der Waals surface area contributed by atoms with Crippen LogP contribution in [0.1, 0.15) is 27.3 Å². The Morgan fingerprint density at radius 2 is 1.65 bits per heavy atom. The van der Waals surface area contributed by atoms with Crippen molar-refractivity contribution in [1.82, 2.24) is 9.97 Å². The molecule has 0 atom stereocenters. The summed E-state index contributed by atoms with van der Waals surface area (Å²) in [7, 11) is 4.76. The summed E-state index contributed by atoms with van der Waals surface area (Å²) in [4.78, 5) is 19.1. The molecule has 0 aliphatic carbocycles. The summed E-state index contributed by atoms with van der Waals surface area (Å²) in [6, 6.07) is 3.30. The second-order valence-electron chi connectivity index (χ2n) is 4.55.